The zero-order valence-electron chi connectivity index (χ0n) is 9.06. The number of hydrogen-bond donors (Lipinski definition) is 0. The molecule has 2 rings (SSSR count). The van der Waals surface area contributed by atoms with Gasteiger partial charge in [0.15, 0.2) is 0 Å². The Kier molecular flexibility index (Phi) is 2.72. The second-order valence-corrected chi connectivity index (χ2v) is 3.25. The molecule has 1 heterocycles. The Bertz CT molecular complexity index is 537. The lowest BCUT2D eigenvalue weighted by Gasteiger charge is -2.05. The van der Waals surface area contributed by atoms with Crippen molar-refractivity contribution >= 4 is 16.7 Å². The van der Waals surface area contributed by atoms with Crippen molar-refractivity contribution in [1.29, 1.82) is 0 Å². The summed E-state index contributed by atoms with van der Waals surface area (Å²) in [6, 6.07) is 7.07. The highest BCUT2D eigenvalue weighted by Gasteiger charge is 2.08. The zero-order valence-corrected chi connectivity index (χ0v) is 9.06. The number of nitrogens with zero attached hydrogens (tertiary/aromatic N) is 1. The highest BCUT2D eigenvalue weighted by atomic mass is 16.5. The van der Waals surface area contributed by atoms with Gasteiger partial charge in [0.1, 0.15) is 0 Å². The molecule has 0 saturated heterocycles. The van der Waals surface area contributed by atoms with Crippen LogP contribution in [0.3, 0.4) is 0 Å². The van der Waals surface area contributed by atoms with Gasteiger partial charge in [-0.05, 0) is 29.7 Å². The van der Waals surface area contributed by atoms with Crippen molar-refractivity contribution < 1.29 is 14.3 Å². The van der Waals surface area contributed by atoms with Gasteiger partial charge in [-0.2, -0.15) is 0 Å². The Balaban J connectivity index is 2.59. The minimum absolute atomic E-state index is 0.349. The molecule has 16 heavy (non-hydrogen) atoms. The van der Waals surface area contributed by atoms with Crippen LogP contribution in [0.1, 0.15) is 10.4 Å². The van der Waals surface area contributed by atoms with E-state index in [1.54, 1.807) is 31.5 Å². The predicted octanol–water partition coefficient (Wildman–Crippen LogP) is 2.03. The van der Waals surface area contributed by atoms with Crippen LogP contribution in [-0.2, 0) is 4.74 Å². The molecule has 0 bridgehead atoms. The molecule has 0 unspecified atom stereocenters. The van der Waals surface area contributed by atoms with Crippen LogP contribution in [0.2, 0.25) is 0 Å². The third-order valence-electron chi connectivity index (χ3n) is 2.34. The lowest BCUT2D eigenvalue weighted by molar-refractivity contribution is 0.0601. The van der Waals surface area contributed by atoms with E-state index in [1.165, 1.54) is 7.11 Å². The fourth-order valence-corrected chi connectivity index (χ4v) is 1.56. The molecule has 0 amide bonds. The molecule has 0 radical (unpaired) electrons. The highest BCUT2D eigenvalue weighted by molar-refractivity contribution is 5.96. The largest absolute Gasteiger partial charge is 0.481 e. The van der Waals surface area contributed by atoms with Gasteiger partial charge in [0.2, 0.25) is 5.88 Å². The van der Waals surface area contributed by atoms with Crippen molar-refractivity contribution in [3.63, 3.8) is 0 Å². The fraction of sp³-hybridized carbons (Fsp3) is 0.167. The van der Waals surface area contributed by atoms with Crippen molar-refractivity contribution in [1.82, 2.24) is 4.98 Å². The molecule has 4 heteroatoms. The second-order valence-electron chi connectivity index (χ2n) is 3.25. The van der Waals surface area contributed by atoms with Gasteiger partial charge >= 0.3 is 5.97 Å². The number of rotatable bonds is 2. The number of carbonyl (C=O) groups is 1. The van der Waals surface area contributed by atoms with E-state index in [0.717, 1.165) is 10.8 Å². The van der Waals surface area contributed by atoms with E-state index < -0.39 is 0 Å². The summed E-state index contributed by atoms with van der Waals surface area (Å²) in [5.74, 6) is 0.201. The summed E-state index contributed by atoms with van der Waals surface area (Å²) in [5.41, 5.74) is 0.517. The van der Waals surface area contributed by atoms with E-state index >= 15 is 0 Å². The molecule has 0 aliphatic rings. The SMILES string of the molecule is COC(=O)c1ccc2c(OC)nccc2c1. The molecular weight excluding hydrogens is 206 g/mol. The molecule has 0 saturated carbocycles. The van der Waals surface area contributed by atoms with Crippen LogP contribution in [0.5, 0.6) is 5.88 Å². The molecule has 0 spiro atoms. The van der Waals surface area contributed by atoms with E-state index in [2.05, 4.69) is 9.72 Å². The number of pyridine rings is 1. The number of hydrogen-bond acceptors (Lipinski definition) is 4. The molecule has 2 aromatic rings. The summed E-state index contributed by atoms with van der Waals surface area (Å²) in [5, 5.41) is 1.77. The highest BCUT2D eigenvalue weighted by Crippen LogP contribution is 2.23. The van der Waals surface area contributed by atoms with Crippen molar-refractivity contribution in [2.24, 2.45) is 0 Å². The lowest BCUT2D eigenvalue weighted by atomic mass is 10.1. The van der Waals surface area contributed by atoms with E-state index in [9.17, 15) is 4.79 Å². The molecule has 82 valence electrons. The van der Waals surface area contributed by atoms with Gasteiger partial charge in [-0.3, -0.25) is 0 Å². The van der Waals surface area contributed by atoms with Gasteiger partial charge in [-0.25, -0.2) is 9.78 Å². The van der Waals surface area contributed by atoms with E-state index in [1.807, 2.05) is 6.07 Å². The third kappa shape index (κ3) is 1.69. The Morgan fingerprint density at radius 3 is 2.75 bits per heavy atom. The smallest absolute Gasteiger partial charge is 0.337 e. The Morgan fingerprint density at radius 1 is 1.25 bits per heavy atom. The summed E-state index contributed by atoms with van der Waals surface area (Å²) in [6.45, 7) is 0. The Hall–Kier alpha value is -2.10. The summed E-state index contributed by atoms with van der Waals surface area (Å²) in [4.78, 5) is 15.4. The second kappa shape index (κ2) is 4.18. The first-order valence-corrected chi connectivity index (χ1v) is 4.77. The monoisotopic (exact) mass is 217 g/mol. The van der Waals surface area contributed by atoms with Crippen molar-refractivity contribution in [3.05, 3.63) is 36.0 Å². The standard InChI is InChI=1S/C12H11NO3/c1-15-11-10-4-3-9(12(14)16-2)7-8(10)5-6-13-11/h3-7H,1-2H3. The van der Waals surface area contributed by atoms with Crippen molar-refractivity contribution in [2.75, 3.05) is 14.2 Å². The number of ether oxygens (including phenoxy) is 2. The van der Waals surface area contributed by atoms with Crippen LogP contribution in [-0.4, -0.2) is 25.2 Å². The fourth-order valence-electron chi connectivity index (χ4n) is 1.56. The van der Waals surface area contributed by atoms with Crippen LogP contribution in [0.25, 0.3) is 10.8 Å². The molecule has 0 fully saturated rings. The quantitative estimate of drug-likeness (QED) is 0.722. The molecule has 0 aliphatic carbocycles. The normalized spacial score (nSPS) is 10.1. The van der Waals surface area contributed by atoms with Gasteiger partial charge in [0, 0.05) is 11.6 Å². The van der Waals surface area contributed by atoms with Gasteiger partial charge in [0.25, 0.3) is 0 Å². The minimum Gasteiger partial charge on any atom is -0.481 e. The number of benzene rings is 1. The average molecular weight is 217 g/mol. The summed E-state index contributed by atoms with van der Waals surface area (Å²) < 4.78 is 9.78. The van der Waals surface area contributed by atoms with E-state index in [4.69, 9.17) is 4.74 Å². The van der Waals surface area contributed by atoms with Gasteiger partial charge in [-0.15, -0.1) is 0 Å². The van der Waals surface area contributed by atoms with Gasteiger partial charge in [-0.1, -0.05) is 0 Å². The number of carbonyl (C=O) groups excluding carboxylic acids is 1. The maximum Gasteiger partial charge on any atom is 0.337 e. The Labute approximate surface area is 92.8 Å². The van der Waals surface area contributed by atoms with Crippen LogP contribution in [0.4, 0.5) is 0 Å². The summed E-state index contributed by atoms with van der Waals surface area (Å²) >= 11 is 0. The number of methoxy groups -OCH3 is 2. The molecule has 0 aliphatic heterocycles. The maximum atomic E-state index is 11.3. The zero-order chi connectivity index (χ0) is 11.5. The number of esters is 1. The van der Waals surface area contributed by atoms with Gasteiger partial charge in [0.05, 0.1) is 19.8 Å². The van der Waals surface area contributed by atoms with E-state index in [-0.39, 0.29) is 5.97 Å². The van der Waals surface area contributed by atoms with Crippen molar-refractivity contribution in [3.8, 4) is 5.88 Å². The number of aromatic nitrogens is 1. The first-order chi connectivity index (χ1) is 7.76. The summed E-state index contributed by atoms with van der Waals surface area (Å²) in [7, 11) is 2.93. The molecule has 4 nitrogen and oxygen atoms in total. The minimum atomic E-state index is -0.349. The molecule has 1 aromatic carbocycles. The average Bonchev–Trinajstić information content (AvgIpc) is 2.36. The third-order valence-corrected chi connectivity index (χ3v) is 2.34. The van der Waals surface area contributed by atoms with Crippen LogP contribution >= 0.6 is 0 Å². The van der Waals surface area contributed by atoms with Crippen molar-refractivity contribution in [2.45, 2.75) is 0 Å². The molecular formula is C12H11NO3. The van der Waals surface area contributed by atoms with Gasteiger partial charge < -0.3 is 9.47 Å². The Morgan fingerprint density at radius 2 is 2.06 bits per heavy atom. The predicted molar refractivity (Wildman–Crippen MR) is 59.6 cm³/mol. The summed E-state index contributed by atoms with van der Waals surface area (Å²) in [6.07, 6.45) is 1.64. The number of fused-ring (bicyclic) bond motifs is 1. The first-order valence-electron chi connectivity index (χ1n) is 4.77. The topological polar surface area (TPSA) is 48.4 Å². The first kappa shape index (κ1) is 10.4. The van der Waals surface area contributed by atoms with Crippen LogP contribution in [0.15, 0.2) is 30.5 Å². The van der Waals surface area contributed by atoms with E-state index in [0.29, 0.717) is 11.4 Å². The maximum absolute atomic E-state index is 11.3. The van der Waals surface area contributed by atoms with Crippen LogP contribution in [0, 0.1) is 0 Å². The lowest BCUT2D eigenvalue weighted by Crippen LogP contribution is -2.00. The molecule has 1 aromatic heterocycles. The van der Waals surface area contributed by atoms with Crippen LogP contribution < -0.4 is 4.74 Å². The molecule has 0 N–H and O–H groups in total. The molecule has 0 atom stereocenters.